The lowest BCUT2D eigenvalue weighted by molar-refractivity contribution is -0.140. The van der Waals surface area contributed by atoms with Gasteiger partial charge in [-0.2, -0.15) is 0 Å². The maximum atomic E-state index is 12.8. The largest absolute Gasteiger partial charge is 0.481 e. The van der Waals surface area contributed by atoms with Gasteiger partial charge in [-0.3, -0.25) is 14.9 Å². The molecule has 1 fully saturated rings. The number of benzene rings is 2. The van der Waals surface area contributed by atoms with E-state index in [1.807, 2.05) is 30.3 Å². The lowest BCUT2D eigenvalue weighted by Gasteiger charge is -2.11. The van der Waals surface area contributed by atoms with E-state index >= 15 is 0 Å². The zero-order valence-electron chi connectivity index (χ0n) is 19.7. The topological polar surface area (TPSA) is 144 Å². The fourth-order valence-electron chi connectivity index (χ4n) is 3.84. The summed E-state index contributed by atoms with van der Waals surface area (Å²) in [4.78, 5) is 41.0. The number of rotatable bonds is 8. The maximum absolute atomic E-state index is 12.8. The molecule has 188 valence electrons. The van der Waals surface area contributed by atoms with Crippen LogP contribution in [0.3, 0.4) is 0 Å². The van der Waals surface area contributed by atoms with Gasteiger partial charge in [0, 0.05) is 11.1 Å². The molecule has 11 heteroatoms. The summed E-state index contributed by atoms with van der Waals surface area (Å²) < 4.78 is 10.6. The molecule has 0 saturated heterocycles. The molecule has 0 aliphatic heterocycles. The number of amides is 2. The number of hydrogen-bond donors (Lipinski definition) is 3. The van der Waals surface area contributed by atoms with Crippen molar-refractivity contribution in [1.29, 1.82) is 0 Å². The van der Waals surface area contributed by atoms with E-state index in [1.54, 1.807) is 36.6 Å². The third kappa shape index (κ3) is 5.07. The molecule has 3 N–H and O–H groups in total. The summed E-state index contributed by atoms with van der Waals surface area (Å²) in [5.41, 5.74) is 2.35. The van der Waals surface area contributed by atoms with Gasteiger partial charge in [0.05, 0.1) is 5.41 Å². The molecule has 0 radical (unpaired) electrons. The number of ether oxygens (including phenoxy) is 1. The molecular formula is C26H22N4O6S. The number of carbonyl (C=O) groups is 3. The summed E-state index contributed by atoms with van der Waals surface area (Å²) in [6.07, 6.45) is 0.543. The van der Waals surface area contributed by atoms with Crippen molar-refractivity contribution in [2.75, 3.05) is 10.6 Å². The van der Waals surface area contributed by atoms with Gasteiger partial charge in [0.2, 0.25) is 5.76 Å². The van der Waals surface area contributed by atoms with Gasteiger partial charge in [-0.25, -0.2) is 9.78 Å². The Morgan fingerprint density at radius 2 is 1.81 bits per heavy atom. The highest BCUT2D eigenvalue weighted by Gasteiger charge is 2.51. The van der Waals surface area contributed by atoms with Crippen molar-refractivity contribution in [3.8, 4) is 11.5 Å². The van der Waals surface area contributed by atoms with Crippen molar-refractivity contribution in [2.45, 2.75) is 31.8 Å². The van der Waals surface area contributed by atoms with Gasteiger partial charge >= 0.3 is 12.1 Å². The highest BCUT2D eigenvalue weighted by Crippen LogP contribution is 2.48. The van der Waals surface area contributed by atoms with Crippen molar-refractivity contribution >= 4 is 40.7 Å². The second kappa shape index (κ2) is 9.86. The number of carboxylic acid groups (broad SMARTS) is 1. The molecule has 37 heavy (non-hydrogen) atoms. The SMILES string of the molecule is Cc1noc(-c2csc(C(=O)Nc3ccc(C4(C(=O)O)CC4)cc3)n2)c1NC(=O)OCc1ccccc1. The molecule has 10 nitrogen and oxygen atoms in total. The molecule has 1 aliphatic carbocycles. The highest BCUT2D eigenvalue weighted by molar-refractivity contribution is 7.12. The Hall–Kier alpha value is -4.51. The van der Waals surface area contributed by atoms with Crippen LogP contribution in [0.25, 0.3) is 11.5 Å². The van der Waals surface area contributed by atoms with Gasteiger partial charge in [-0.05, 0) is 43.0 Å². The minimum atomic E-state index is -0.833. The van der Waals surface area contributed by atoms with Gasteiger partial charge in [0.15, 0.2) is 5.01 Å². The summed E-state index contributed by atoms with van der Waals surface area (Å²) in [5.74, 6) is -1.06. The average molecular weight is 519 g/mol. The van der Waals surface area contributed by atoms with Gasteiger partial charge in [-0.15, -0.1) is 11.3 Å². The van der Waals surface area contributed by atoms with E-state index in [2.05, 4.69) is 20.8 Å². The normalized spacial score (nSPS) is 13.5. The highest BCUT2D eigenvalue weighted by atomic mass is 32.1. The van der Waals surface area contributed by atoms with Gasteiger partial charge in [0.1, 0.15) is 23.7 Å². The fraction of sp³-hybridized carbons (Fsp3) is 0.192. The fourth-order valence-corrected chi connectivity index (χ4v) is 4.54. The predicted molar refractivity (Wildman–Crippen MR) is 136 cm³/mol. The number of anilines is 2. The first kappa shape index (κ1) is 24.2. The number of hydrogen-bond acceptors (Lipinski definition) is 8. The molecule has 1 saturated carbocycles. The van der Waals surface area contributed by atoms with E-state index in [-0.39, 0.29) is 17.4 Å². The van der Waals surface area contributed by atoms with Crippen LogP contribution in [0.4, 0.5) is 16.2 Å². The zero-order chi connectivity index (χ0) is 26.0. The first-order valence-electron chi connectivity index (χ1n) is 11.4. The molecule has 2 aromatic carbocycles. The Balaban J connectivity index is 1.24. The molecule has 2 aromatic heterocycles. The number of aromatic nitrogens is 2. The summed E-state index contributed by atoms with van der Waals surface area (Å²) >= 11 is 1.10. The Labute approximate surface area is 215 Å². The molecule has 5 rings (SSSR count). The number of aliphatic carboxylic acids is 1. The van der Waals surface area contributed by atoms with Gasteiger partial charge < -0.3 is 19.7 Å². The first-order chi connectivity index (χ1) is 17.9. The van der Waals surface area contributed by atoms with Crippen LogP contribution in [0.5, 0.6) is 0 Å². The van der Waals surface area contributed by atoms with Crippen LogP contribution in [0.2, 0.25) is 0 Å². The first-order valence-corrected chi connectivity index (χ1v) is 12.3. The van der Waals surface area contributed by atoms with Crippen LogP contribution < -0.4 is 10.6 Å². The number of nitrogens with one attached hydrogen (secondary N) is 2. The zero-order valence-corrected chi connectivity index (χ0v) is 20.5. The molecule has 2 heterocycles. The van der Waals surface area contributed by atoms with E-state index in [4.69, 9.17) is 9.26 Å². The van der Waals surface area contributed by atoms with E-state index < -0.39 is 23.4 Å². The van der Waals surface area contributed by atoms with E-state index in [0.717, 1.165) is 22.5 Å². The van der Waals surface area contributed by atoms with Gasteiger partial charge in [0.25, 0.3) is 5.91 Å². The predicted octanol–water partition coefficient (Wildman–Crippen LogP) is 5.22. The quantitative estimate of drug-likeness (QED) is 0.288. The molecular weight excluding hydrogens is 496 g/mol. The van der Waals surface area contributed by atoms with E-state index in [9.17, 15) is 19.5 Å². The summed E-state index contributed by atoms with van der Waals surface area (Å²) in [7, 11) is 0. The summed E-state index contributed by atoms with van der Waals surface area (Å²) in [6, 6.07) is 16.1. The standard InChI is InChI=1S/C26H22N4O6S/c1-15-20(29-25(34)35-13-16-5-3-2-4-6-16)21(36-30-15)19-14-37-23(28-19)22(31)27-18-9-7-17(8-10-18)26(11-12-26)24(32)33/h2-10,14H,11-13H2,1H3,(H,27,31)(H,29,34)(H,32,33). The molecule has 0 atom stereocenters. The number of aryl methyl sites for hydroxylation is 1. The second-order valence-electron chi connectivity index (χ2n) is 8.62. The number of nitrogens with zero attached hydrogens (tertiary/aromatic N) is 2. The third-order valence-electron chi connectivity index (χ3n) is 6.09. The smallest absolute Gasteiger partial charge is 0.412 e. The number of thiazole rings is 1. The van der Waals surface area contributed by atoms with Crippen molar-refractivity contribution in [2.24, 2.45) is 0 Å². The summed E-state index contributed by atoms with van der Waals surface area (Å²) in [6.45, 7) is 1.77. The van der Waals surface area contributed by atoms with E-state index in [0.29, 0.717) is 35.6 Å². The summed E-state index contributed by atoms with van der Waals surface area (Å²) in [5, 5.41) is 20.6. The van der Waals surface area contributed by atoms with Gasteiger partial charge in [-0.1, -0.05) is 47.6 Å². The van der Waals surface area contributed by atoms with Crippen molar-refractivity contribution in [3.05, 3.63) is 81.8 Å². The minimum Gasteiger partial charge on any atom is -0.481 e. The third-order valence-corrected chi connectivity index (χ3v) is 6.93. The van der Waals surface area contributed by atoms with Crippen LogP contribution in [-0.2, 0) is 21.6 Å². The Kier molecular flexibility index (Phi) is 6.45. The van der Waals surface area contributed by atoms with E-state index in [1.165, 1.54) is 0 Å². The van der Waals surface area contributed by atoms with Crippen molar-refractivity contribution in [3.63, 3.8) is 0 Å². The lowest BCUT2D eigenvalue weighted by Crippen LogP contribution is -2.19. The van der Waals surface area contributed by atoms with Crippen LogP contribution in [0.1, 0.15) is 39.5 Å². The molecule has 2 amide bonds. The number of carbonyl (C=O) groups excluding carboxylic acids is 2. The van der Waals surface area contributed by atoms with Crippen LogP contribution >= 0.6 is 11.3 Å². The lowest BCUT2D eigenvalue weighted by atomic mass is 9.96. The monoisotopic (exact) mass is 518 g/mol. The maximum Gasteiger partial charge on any atom is 0.412 e. The van der Waals surface area contributed by atoms with Crippen LogP contribution in [0, 0.1) is 6.92 Å². The molecule has 0 bridgehead atoms. The molecule has 1 aliphatic rings. The molecule has 0 unspecified atom stereocenters. The molecule has 0 spiro atoms. The average Bonchev–Trinajstić information content (AvgIpc) is 3.44. The molecule has 4 aromatic rings. The van der Waals surface area contributed by atoms with Crippen LogP contribution in [-0.4, -0.2) is 33.2 Å². The second-order valence-corrected chi connectivity index (χ2v) is 9.47. The number of carboxylic acids is 1. The Morgan fingerprint density at radius 1 is 1.08 bits per heavy atom. The Bertz CT molecular complexity index is 1460. The van der Waals surface area contributed by atoms with Crippen molar-refractivity contribution < 1.29 is 28.8 Å². The Morgan fingerprint density at radius 3 is 2.49 bits per heavy atom. The minimum absolute atomic E-state index is 0.103. The van der Waals surface area contributed by atoms with Crippen LogP contribution in [0.15, 0.2) is 64.5 Å². The van der Waals surface area contributed by atoms with Crippen molar-refractivity contribution in [1.82, 2.24) is 10.1 Å².